The summed E-state index contributed by atoms with van der Waals surface area (Å²) in [6.07, 6.45) is -2.95. The molecule has 8 nitrogen and oxygen atoms in total. The molecule has 1 aliphatic rings. The highest BCUT2D eigenvalue weighted by atomic mass is 19.3. The van der Waals surface area contributed by atoms with Crippen molar-refractivity contribution in [3.05, 3.63) is 33.9 Å². The number of alkyl halides is 2. The number of carbonyl (C=O) groups excluding carboxylic acids is 1. The van der Waals surface area contributed by atoms with E-state index in [-0.39, 0.29) is 11.3 Å². The molecule has 28 heavy (non-hydrogen) atoms. The number of nitro groups is 1. The van der Waals surface area contributed by atoms with E-state index in [0.29, 0.717) is 30.6 Å². The summed E-state index contributed by atoms with van der Waals surface area (Å²) in [5, 5.41) is 22.5. The summed E-state index contributed by atoms with van der Waals surface area (Å²) in [6.45, 7) is 5.41. The van der Waals surface area contributed by atoms with Crippen LogP contribution in [0.4, 0.5) is 20.2 Å². The summed E-state index contributed by atoms with van der Waals surface area (Å²) in [7, 11) is 0. The van der Waals surface area contributed by atoms with Gasteiger partial charge in [-0.05, 0) is 30.4 Å². The van der Waals surface area contributed by atoms with Crippen molar-refractivity contribution in [3.8, 4) is 0 Å². The van der Waals surface area contributed by atoms with Crippen LogP contribution >= 0.6 is 0 Å². The number of carbonyl (C=O) groups is 2. The molecule has 0 radical (unpaired) electrons. The summed E-state index contributed by atoms with van der Waals surface area (Å²) in [5.74, 6) is -1.84. The number of anilines is 1. The number of carboxylic acid groups (broad SMARTS) is 1. The standard InChI is InChI=1S/C18H23F2N3O5/c1-10-5-11(2)9-22(8-10)14-4-3-12(6-15(14)23(27)28)17(24)21-13(18(25)26)7-16(19)20/h3-4,6,10-11,13,16H,5,7-9H2,1-2H3,(H,21,24)(H,25,26). The Hall–Kier alpha value is -2.78. The van der Waals surface area contributed by atoms with Crippen LogP contribution in [0.3, 0.4) is 0 Å². The van der Waals surface area contributed by atoms with E-state index in [1.807, 2.05) is 10.2 Å². The van der Waals surface area contributed by atoms with Crippen molar-refractivity contribution >= 4 is 23.3 Å². The highest BCUT2D eigenvalue weighted by molar-refractivity contribution is 5.97. The van der Waals surface area contributed by atoms with Crippen LogP contribution in [-0.2, 0) is 4.79 Å². The molecule has 10 heteroatoms. The average Bonchev–Trinajstić information content (AvgIpc) is 2.59. The number of nitrogens with zero attached hydrogens (tertiary/aromatic N) is 2. The lowest BCUT2D eigenvalue weighted by atomic mass is 9.91. The molecule has 0 bridgehead atoms. The lowest BCUT2D eigenvalue weighted by Crippen LogP contribution is -2.42. The van der Waals surface area contributed by atoms with E-state index in [0.717, 1.165) is 12.5 Å². The van der Waals surface area contributed by atoms with Crippen LogP contribution in [0.1, 0.15) is 37.0 Å². The van der Waals surface area contributed by atoms with E-state index in [2.05, 4.69) is 13.8 Å². The Balaban J connectivity index is 2.27. The average molecular weight is 399 g/mol. The van der Waals surface area contributed by atoms with Gasteiger partial charge in [-0.15, -0.1) is 0 Å². The highest BCUT2D eigenvalue weighted by Gasteiger charge is 2.29. The first-order valence-electron chi connectivity index (χ1n) is 8.93. The number of hydrogen-bond donors (Lipinski definition) is 2. The van der Waals surface area contributed by atoms with Gasteiger partial charge in [0.05, 0.1) is 4.92 Å². The third-order valence-corrected chi connectivity index (χ3v) is 4.66. The van der Waals surface area contributed by atoms with Crippen molar-refractivity contribution in [1.82, 2.24) is 5.32 Å². The fraction of sp³-hybridized carbons (Fsp3) is 0.556. The van der Waals surface area contributed by atoms with E-state index in [9.17, 15) is 28.5 Å². The molecule has 154 valence electrons. The monoisotopic (exact) mass is 399 g/mol. The number of benzene rings is 1. The molecule has 0 spiro atoms. The van der Waals surface area contributed by atoms with Crippen molar-refractivity contribution in [1.29, 1.82) is 0 Å². The van der Waals surface area contributed by atoms with Gasteiger partial charge >= 0.3 is 5.97 Å². The summed E-state index contributed by atoms with van der Waals surface area (Å²) in [5.41, 5.74) is -0.0638. The van der Waals surface area contributed by atoms with E-state index in [1.165, 1.54) is 12.1 Å². The maximum atomic E-state index is 12.5. The Morgan fingerprint density at radius 2 is 1.93 bits per heavy atom. The third-order valence-electron chi connectivity index (χ3n) is 4.66. The quantitative estimate of drug-likeness (QED) is 0.538. The van der Waals surface area contributed by atoms with Gasteiger partial charge in [0.15, 0.2) is 0 Å². The first-order valence-corrected chi connectivity index (χ1v) is 8.93. The number of amides is 1. The van der Waals surface area contributed by atoms with Gasteiger partial charge in [-0.1, -0.05) is 13.8 Å². The zero-order valence-corrected chi connectivity index (χ0v) is 15.6. The van der Waals surface area contributed by atoms with Crippen LogP contribution in [0, 0.1) is 22.0 Å². The van der Waals surface area contributed by atoms with Gasteiger partial charge in [-0.2, -0.15) is 0 Å². The molecule has 2 N–H and O–H groups in total. The number of nitrogens with one attached hydrogen (secondary N) is 1. The second kappa shape index (κ2) is 8.94. The predicted octanol–water partition coefficient (Wildman–Crippen LogP) is 2.92. The minimum absolute atomic E-state index is 0.158. The van der Waals surface area contributed by atoms with Gasteiger partial charge in [0, 0.05) is 31.1 Å². The number of piperidine rings is 1. The van der Waals surface area contributed by atoms with Gasteiger partial charge < -0.3 is 15.3 Å². The third kappa shape index (κ3) is 5.37. The van der Waals surface area contributed by atoms with Crippen molar-refractivity contribution in [3.63, 3.8) is 0 Å². The number of halogens is 2. The Morgan fingerprint density at radius 1 is 1.32 bits per heavy atom. The van der Waals surface area contributed by atoms with Crippen molar-refractivity contribution in [2.75, 3.05) is 18.0 Å². The van der Waals surface area contributed by atoms with Gasteiger partial charge in [0.25, 0.3) is 11.6 Å². The topological polar surface area (TPSA) is 113 Å². The smallest absolute Gasteiger partial charge is 0.326 e. The lowest BCUT2D eigenvalue weighted by molar-refractivity contribution is -0.384. The van der Waals surface area contributed by atoms with Gasteiger partial charge in [0.1, 0.15) is 11.7 Å². The van der Waals surface area contributed by atoms with Crippen LogP contribution < -0.4 is 10.2 Å². The maximum Gasteiger partial charge on any atom is 0.326 e. The molecule has 1 heterocycles. The molecular weight excluding hydrogens is 376 g/mol. The summed E-state index contributed by atoms with van der Waals surface area (Å²) >= 11 is 0. The highest BCUT2D eigenvalue weighted by Crippen LogP contribution is 2.33. The molecule has 3 atom stereocenters. The lowest BCUT2D eigenvalue weighted by Gasteiger charge is -2.36. The summed E-state index contributed by atoms with van der Waals surface area (Å²) in [4.78, 5) is 36.1. The Bertz CT molecular complexity index is 749. The zero-order valence-electron chi connectivity index (χ0n) is 15.6. The molecule has 1 amide bonds. The number of nitro benzene ring substituents is 1. The van der Waals surface area contributed by atoms with E-state index >= 15 is 0 Å². The minimum Gasteiger partial charge on any atom is -0.480 e. The van der Waals surface area contributed by atoms with Crippen molar-refractivity contribution in [2.24, 2.45) is 11.8 Å². The summed E-state index contributed by atoms with van der Waals surface area (Å²) < 4.78 is 25.0. The molecule has 1 aromatic carbocycles. The second-order valence-corrected chi connectivity index (χ2v) is 7.30. The first-order chi connectivity index (χ1) is 13.1. The van der Waals surface area contributed by atoms with E-state index in [1.54, 1.807) is 0 Å². The molecule has 0 aliphatic carbocycles. The van der Waals surface area contributed by atoms with Crippen LogP contribution in [0.15, 0.2) is 18.2 Å². The summed E-state index contributed by atoms with van der Waals surface area (Å²) in [6, 6.07) is 2.05. The Labute approximate surface area is 160 Å². The fourth-order valence-electron chi connectivity index (χ4n) is 3.58. The van der Waals surface area contributed by atoms with Crippen molar-refractivity contribution < 1.29 is 28.4 Å². The largest absolute Gasteiger partial charge is 0.480 e. The molecule has 3 unspecified atom stereocenters. The molecule has 1 saturated heterocycles. The zero-order chi connectivity index (χ0) is 21.0. The van der Waals surface area contributed by atoms with E-state index in [4.69, 9.17) is 5.11 Å². The Kier molecular flexibility index (Phi) is 6.87. The first kappa shape index (κ1) is 21.5. The maximum absolute atomic E-state index is 12.5. The van der Waals surface area contributed by atoms with E-state index < -0.39 is 35.7 Å². The SMILES string of the molecule is CC1CC(C)CN(c2ccc(C(=O)NC(CC(F)F)C(=O)O)cc2[N+](=O)[O-])C1. The van der Waals surface area contributed by atoms with Gasteiger partial charge in [0.2, 0.25) is 6.43 Å². The normalized spacial score (nSPS) is 20.7. The Morgan fingerprint density at radius 3 is 2.43 bits per heavy atom. The molecule has 0 saturated carbocycles. The van der Waals surface area contributed by atoms with Crippen molar-refractivity contribution in [2.45, 2.75) is 39.2 Å². The second-order valence-electron chi connectivity index (χ2n) is 7.30. The number of hydrogen-bond acceptors (Lipinski definition) is 5. The predicted molar refractivity (Wildman–Crippen MR) is 97.8 cm³/mol. The van der Waals surface area contributed by atoms with Gasteiger partial charge in [-0.3, -0.25) is 14.9 Å². The molecule has 2 rings (SSSR count). The van der Waals surface area contributed by atoms with Crippen LogP contribution in [0.25, 0.3) is 0 Å². The molecular formula is C18H23F2N3O5. The minimum atomic E-state index is -2.92. The molecule has 0 aromatic heterocycles. The molecule has 1 aromatic rings. The number of aliphatic carboxylic acids is 1. The number of rotatable bonds is 7. The molecule has 1 aliphatic heterocycles. The van der Waals surface area contributed by atoms with Gasteiger partial charge in [-0.25, -0.2) is 13.6 Å². The van der Waals surface area contributed by atoms with Crippen LogP contribution in [0.2, 0.25) is 0 Å². The molecule has 1 fully saturated rings. The fourth-order valence-corrected chi connectivity index (χ4v) is 3.58. The van der Waals surface area contributed by atoms with Crippen LogP contribution in [0.5, 0.6) is 0 Å². The number of carboxylic acids is 1. The van der Waals surface area contributed by atoms with Crippen LogP contribution in [-0.4, -0.2) is 47.5 Å².